The van der Waals surface area contributed by atoms with Crippen LogP contribution in [0.4, 0.5) is 14.5 Å². The normalized spacial score (nSPS) is 13.8. The van der Waals surface area contributed by atoms with Crippen LogP contribution in [0.5, 0.6) is 0 Å². The standard InChI is InChI=1S/C12H17F2N3O/c1-3-7(2)11(15)12(18)17-16-10-5-4-8(13)6-9(10)14/h4-7,11,16H,3,15H2,1-2H3,(H,17,18)/t7?,11-/m0/s1. The van der Waals surface area contributed by atoms with Gasteiger partial charge in [-0.15, -0.1) is 0 Å². The molecule has 2 atom stereocenters. The Morgan fingerprint density at radius 1 is 1.44 bits per heavy atom. The Kier molecular flexibility index (Phi) is 5.03. The summed E-state index contributed by atoms with van der Waals surface area (Å²) in [7, 11) is 0. The maximum atomic E-state index is 13.2. The molecule has 0 saturated carbocycles. The third kappa shape index (κ3) is 3.66. The van der Waals surface area contributed by atoms with Crippen molar-refractivity contribution >= 4 is 11.6 Å². The molecule has 6 heteroatoms. The highest BCUT2D eigenvalue weighted by Crippen LogP contribution is 2.13. The molecule has 18 heavy (non-hydrogen) atoms. The SMILES string of the molecule is CCC(C)[C@H](N)C(=O)NNc1ccc(F)cc1F. The largest absolute Gasteiger partial charge is 0.320 e. The van der Waals surface area contributed by atoms with Crippen molar-refractivity contribution in [2.45, 2.75) is 26.3 Å². The lowest BCUT2D eigenvalue weighted by molar-refractivity contribution is -0.122. The summed E-state index contributed by atoms with van der Waals surface area (Å²) in [6, 6.07) is 2.33. The first-order valence-electron chi connectivity index (χ1n) is 5.72. The second-order valence-electron chi connectivity index (χ2n) is 4.15. The fourth-order valence-corrected chi connectivity index (χ4v) is 1.32. The Morgan fingerprint density at radius 3 is 2.67 bits per heavy atom. The van der Waals surface area contributed by atoms with Crippen molar-refractivity contribution in [2.75, 3.05) is 5.43 Å². The van der Waals surface area contributed by atoms with Crippen LogP contribution in [0.2, 0.25) is 0 Å². The summed E-state index contributed by atoms with van der Waals surface area (Å²) in [5, 5.41) is 0. The zero-order valence-corrected chi connectivity index (χ0v) is 10.3. The average molecular weight is 257 g/mol. The van der Waals surface area contributed by atoms with Crippen LogP contribution >= 0.6 is 0 Å². The van der Waals surface area contributed by atoms with Gasteiger partial charge in [-0.1, -0.05) is 20.3 Å². The van der Waals surface area contributed by atoms with Gasteiger partial charge >= 0.3 is 0 Å². The summed E-state index contributed by atoms with van der Waals surface area (Å²) in [6.07, 6.45) is 0.763. The van der Waals surface area contributed by atoms with Crippen LogP contribution in [0.25, 0.3) is 0 Å². The summed E-state index contributed by atoms with van der Waals surface area (Å²) in [4.78, 5) is 11.6. The van der Waals surface area contributed by atoms with E-state index >= 15 is 0 Å². The molecule has 0 spiro atoms. The van der Waals surface area contributed by atoms with Crippen molar-refractivity contribution in [2.24, 2.45) is 11.7 Å². The molecule has 0 radical (unpaired) electrons. The Balaban J connectivity index is 2.57. The van der Waals surface area contributed by atoms with Gasteiger partial charge in [0.2, 0.25) is 0 Å². The van der Waals surface area contributed by atoms with Crippen LogP contribution in [-0.4, -0.2) is 11.9 Å². The Hall–Kier alpha value is -1.69. The molecule has 1 aromatic carbocycles. The molecular formula is C12H17F2N3O. The highest BCUT2D eigenvalue weighted by atomic mass is 19.1. The minimum atomic E-state index is -0.785. The van der Waals surface area contributed by atoms with Crippen molar-refractivity contribution in [1.82, 2.24) is 5.43 Å². The second-order valence-corrected chi connectivity index (χ2v) is 4.15. The maximum absolute atomic E-state index is 13.2. The molecule has 1 rings (SSSR count). The monoisotopic (exact) mass is 257 g/mol. The van der Waals surface area contributed by atoms with E-state index in [-0.39, 0.29) is 11.6 Å². The number of benzene rings is 1. The van der Waals surface area contributed by atoms with E-state index in [4.69, 9.17) is 5.73 Å². The summed E-state index contributed by atoms with van der Waals surface area (Å²) in [5.41, 5.74) is 10.4. The molecule has 4 N–H and O–H groups in total. The minimum Gasteiger partial charge on any atom is -0.320 e. The third-order valence-electron chi connectivity index (χ3n) is 2.81. The zero-order chi connectivity index (χ0) is 13.7. The van der Waals surface area contributed by atoms with Crippen LogP contribution in [0, 0.1) is 17.6 Å². The van der Waals surface area contributed by atoms with Crippen molar-refractivity contribution in [3.8, 4) is 0 Å². The van der Waals surface area contributed by atoms with E-state index in [1.807, 2.05) is 13.8 Å². The lowest BCUT2D eigenvalue weighted by Gasteiger charge is -2.18. The lowest BCUT2D eigenvalue weighted by Crippen LogP contribution is -2.46. The van der Waals surface area contributed by atoms with E-state index in [0.29, 0.717) is 0 Å². The number of hydrogen-bond donors (Lipinski definition) is 3. The Morgan fingerprint density at radius 2 is 2.11 bits per heavy atom. The van der Waals surface area contributed by atoms with Crippen LogP contribution in [-0.2, 0) is 4.79 Å². The molecule has 0 bridgehead atoms. The van der Waals surface area contributed by atoms with Crippen molar-refractivity contribution in [3.63, 3.8) is 0 Å². The molecule has 0 fully saturated rings. The molecule has 1 amide bonds. The highest BCUT2D eigenvalue weighted by Gasteiger charge is 2.19. The van der Waals surface area contributed by atoms with Crippen molar-refractivity contribution < 1.29 is 13.6 Å². The zero-order valence-electron chi connectivity index (χ0n) is 10.3. The first-order chi connectivity index (χ1) is 8.45. The predicted octanol–water partition coefficient (Wildman–Crippen LogP) is 1.78. The summed E-state index contributed by atoms with van der Waals surface area (Å²) >= 11 is 0. The van der Waals surface area contributed by atoms with Crippen LogP contribution in [0.15, 0.2) is 18.2 Å². The molecule has 1 unspecified atom stereocenters. The van der Waals surface area contributed by atoms with Crippen molar-refractivity contribution in [1.29, 1.82) is 0 Å². The quantitative estimate of drug-likeness (QED) is 0.704. The lowest BCUT2D eigenvalue weighted by atomic mass is 10.00. The molecule has 0 heterocycles. The Labute approximate surface area is 105 Å². The van der Waals surface area contributed by atoms with Gasteiger partial charge in [0.25, 0.3) is 5.91 Å². The van der Waals surface area contributed by atoms with Gasteiger partial charge in [0, 0.05) is 6.07 Å². The smallest absolute Gasteiger partial charge is 0.255 e. The fraction of sp³-hybridized carbons (Fsp3) is 0.417. The van der Waals surface area contributed by atoms with E-state index in [1.165, 1.54) is 6.07 Å². The number of rotatable bonds is 5. The summed E-state index contributed by atoms with van der Waals surface area (Å²) < 4.78 is 25.9. The van der Waals surface area contributed by atoms with Gasteiger partial charge in [-0.2, -0.15) is 0 Å². The number of nitrogens with two attached hydrogens (primary N) is 1. The van der Waals surface area contributed by atoms with Crippen LogP contribution in [0.1, 0.15) is 20.3 Å². The van der Waals surface area contributed by atoms with Gasteiger partial charge in [0.1, 0.15) is 5.82 Å². The molecule has 0 aliphatic carbocycles. The van der Waals surface area contributed by atoms with Gasteiger partial charge in [0.15, 0.2) is 5.82 Å². The maximum Gasteiger partial charge on any atom is 0.255 e. The first kappa shape index (κ1) is 14.4. The molecule has 100 valence electrons. The van der Waals surface area contributed by atoms with E-state index in [0.717, 1.165) is 18.6 Å². The topological polar surface area (TPSA) is 67.2 Å². The number of nitrogens with one attached hydrogen (secondary N) is 2. The summed E-state index contributed by atoms with van der Waals surface area (Å²) in [5.74, 6) is -1.88. The van der Waals surface area contributed by atoms with E-state index in [1.54, 1.807) is 0 Å². The number of amides is 1. The van der Waals surface area contributed by atoms with Gasteiger partial charge in [-0.05, 0) is 18.1 Å². The molecule has 0 aliphatic rings. The van der Waals surface area contributed by atoms with Crippen LogP contribution in [0.3, 0.4) is 0 Å². The number of hydrazine groups is 1. The molecule has 1 aromatic rings. The predicted molar refractivity (Wildman–Crippen MR) is 65.6 cm³/mol. The van der Waals surface area contributed by atoms with Gasteiger partial charge in [0.05, 0.1) is 11.7 Å². The Bertz CT molecular complexity index is 426. The second kappa shape index (κ2) is 6.30. The van der Waals surface area contributed by atoms with Crippen molar-refractivity contribution in [3.05, 3.63) is 29.8 Å². The number of halogens is 2. The van der Waals surface area contributed by atoms with Crippen LogP contribution < -0.4 is 16.6 Å². The van der Waals surface area contributed by atoms with Gasteiger partial charge in [-0.3, -0.25) is 15.6 Å². The number of hydrogen-bond acceptors (Lipinski definition) is 3. The average Bonchev–Trinajstić information content (AvgIpc) is 2.35. The highest BCUT2D eigenvalue weighted by molar-refractivity contribution is 5.82. The first-order valence-corrected chi connectivity index (χ1v) is 5.72. The number of carbonyl (C=O) groups excluding carboxylic acids is 1. The number of anilines is 1. The fourth-order valence-electron chi connectivity index (χ4n) is 1.32. The van der Waals surface area contributed by atoms with Gasteiger partial charge < -0.3 is 5.73 Å². The number of carbonyl (C=O) groups is 1. The molecule has 0 saturated heterocycles. The minimum absolute atomic E-state index is 0.0129. The van der Waals surface area contributed by atoms with Gasteiger partial charge in [-0.25, -0.2) is 8.78 Å². The molecule has 4 nitrogen and oxygen atoms in total. The van der Waals surface area contributed by atoms with E-state index in [9.17, 15) is 13.6 Å². The summed E-state index contributed by atoms with van der Waals surface area (Å²) in [6.45, 7) is 3.77. The van der Waals surface area contributed by atoms with E-state index in [2.05, 4.69) is 10.9 Å². The molecule has 0 aromatic heterocycles. The molecule has 0 aliphatic heterocycles. The van der Waals surface area contributed by atoms with E-state index < -0.39 is 23.6 Å². The third-order valence-corrected chi connectivity index (χ3v) is 2.81. The molecular weight excluding hydrogens is 240 g/mol.